The Labute approximate surface area is 143 Å². The summed E-state index contributed by atoms with van der Waals surface area (Å²) in [4.78, 5) is 4.57. The molecule has 3 heterocycles. The molecule has 4 aromatic rings. The van der Waals surface area contributed by atoms with E-state index in [0.29, 0.717) is 11.4 Å². The summed E-state index contributed by atoms with van der Waals surface area (Å²) in [5, 5.41) is 22.1. The predicted molar refractivity (Wildman–Crippen MR) is 95.1 cm³/mol. The Morgan fingerprint density at radius 1 is 1.16 bits per heavy atom. The molecule has 1 aromatic carbocycles. The van der Waals surface area contributed by atoms with Crippen LogP contribution in [0.25, 0.3) is 28.0 Å². The van der Waals surface area contributed by atoms with E-state index in [0.717, 1.165) is 28.0 Å². The Morgan fingerprint density at radius 2 is 2.04 bits per heavy atom. The highest BCUT2D eigenvalue weighted by atomic mass is 16.4. The third-order valence-corrected chi connectivity index (χ3v) is 4.05. The molecule has 4 rings (SSSR count). The number of aryl methyl sites for hydroxylation is 1. The average molecular weight is 332 g/mol. The van der Waals surface area contributed by atoms with Crippen molar-refractivity contribution >= 4 is 16.6 Å². The fourth-order valence-electron chi connectivity index (χ4n) is 2.72. The summed E-state index contributed by atoms with van der Waals surface area (Å²) in [6.45, 7) is 1.71. The topological polar surface area (TPSA) is 81.1 Å². The van der Waals surface area contributed by atoms with E-state index in [1.807, 2.05) is 66.6 Å². The van der Waals surface area contributed by atoms with Crippen molar-refractivity contribution in [2.45, 2.75) is 6.92 Å². The molecule has 0 aliphatic carbocycles. The van der Waals surface area contributed by atoms with Crippen LogP contribution >= 0.6 is 0 Å². The molecular formula is C18H16N6O. The van der Waals surface area contributed by atoms with Crippen molar-refractivity contribution in [3.63, 3.8) is 0 Å². The van der Waals surface area contributed by atoms with Gasteiger partial charge in [-0.25, -0.2) is 9.67 Å². The van der Waals surface area contributed by atoms with Crippen LogP contribution in [0.1, 0.15) is 12.6 Å². The average Bonchev–Trinajstić information content (AvgIpc) is 3.26. The molecule has 0 amide bonds. The Hall–Kier alpha value is -3.48. The molecule has 0 aliphatic heterocycles. The van der Waals surface area contributed by atoms with Crippen LogP contribution in [0.15, 0.2) is 60.0 Å². The van der Waals surface area contributed by atoms with Crippen LogP contribution in [0.2, 0.25) is 0 Å². The van der Waals surface area contributed by atoms with Gasteiger partial charge in [0.05, 0.1) is 23.1 Å². The lowest BCUT2D eigenvalue weighted by Gasteiger charge is -2.05. The quantitative estimate of drug-likeness (QED) is 0.355. The number of hydrogen-bond acceptors (Lipinski definition) is 5. The third-order valence-electron chi connectivity index (χ3n) is 4.05. The summed E-state index contributed by atoms with van der Waals surface area (Å²) in [5.41, 5.74) is 3.82. The van der Waals surface area contributed by atoms with Gasteiger partial charge in [0.15, 0.2) is 5.82 Å². The SMILES string of the molecule is CC(=NO)c1cccc(-c2ccc3cnn(-c4ccn(C)n4)c3c2)n1. The van der Waals surface area contributed by atoms with Gasteiger partial charge in [0.2, 0.25) is 0 Å². The summed E-state index contributed by atoms with van der Waals surface area (Å²) in [6, 6.07) is 13.6. The van der Waals surface area contributed by atoms with E-state index >= 15 is 0 Å². The molecule has 0 unspecified atom stereocenters. The third kappa shape index (κ3) is 2.65. The summed E-state index contributed by atoms with van der Waals surface area (Å²) in [5.74, 6) is 0.764. The molecule has 0 saturated carbocycles. The maximum atomic E-state index is 8.96. The smallest absolute Gasteiger partial charge is 0.175 e. The number of pyridine rings is 1. The fourth-order valence-corrected chi connectivity index (χ4v) is 2.72. The van der Waals surface area contributed by atoms with Crippen molar-refractivity contribution in [3.8, 4) is 17.1 Å². The van der Waals surface area contributed by atoms with Gasteiger partial charge >= 0.3 is 0 Å². The Balaban J connectivity index is 1.84. The number of oxime groups is 1. The van der Waals surface area contributed by atoms with Gasteiger partial charge in [0.25, 0.3) is 0 Å². The zero-order chi connectivity index (χ0) is 17.4. The van der Waals surface area contributed by atoms with E-state index in [9.17, 15) is 0 Å². The zero-order valence-electron chi connectivity index (χ0n) is 13.8. The molecule has 0 saturated heterocycles. The second-order valence-corrected chi connectivity index (χ2v) is 5.77. The van der Waals surface area contributed by atoms with Crippen LogP contribution in [0.3, 0.4) is 0 Å². The zero-order valence-corrected chi connectivity index (χ0v) is 13.8. The van der Waals surface area contributed by atoms with Crippen LogP contribution in [-0.2, 0) is 7.05 Å². The molecule has 7 heteroatoms. The molecule has 0 spiro atoms. The minimum Gasteiger partial charge on any atom is -0.411 e. The van der Waals surface area contributed by atoms with Gasteiger partial charge in [-0.1, -0.05) is 23.4 Å². The maximum absolute atomic E-state index is 8.96. The second kappa shape index (κ2) is 5.86. The fraction of sp³-hybridized carbons (Fsp3) is 0.111. The number of fused-ring (bicyclic) bond motifs is 1. The highest BCUT2D eigenvalue weighted by Gasteiger charge is 2.10. The standard InChI is InChI=1S/C18H16N6O/c1-12(22-25)15-4-3-5-16(20-15)13-6-7-14-11-19-24(17(14)10-13)18-8-9-23(2)21-18/h3-11,25H,1-2H3. The van der Waals surface area contributed by atoms with E-state index in [-0.39, 0.29) is 0 Å². The van der Waals surface area contributed by atoms with E-state index < -0.39 is 0 Å². The summed E-state index contributed by atoms with van der Waals surface area (Å²) < 4.78 is 3.55. The highest BCUT2D eigenvalue weighted by Crippen LogP contribution is 2.25. The Bertz CT molecular complexity index is 1090. The molecule has 0 aliphatic rings. The highest BCUT2D eigenvalue weighted by molar-refractivity contribution is 5.97. The van der Waals surface area contributed by atoms with Gasteiger partial charge in [0, 0.05) is 30.3 Å². The van der Waals surface area contributed by atoms with Crippen molar-refractivity contribution in [3.05, 3.63) is 60.6 Å². The van der Waals surface area contributed by atoms with Gasteiger partial charge in [0.1, 0.15) is 5.71 Å². The van der Waals surface area contributed by atoms with Crippen LogP contribution in [0.4, 0.5) is 0 Å². The van der Waals surface area contributed by atoms with Crippen molar-refractivity contribution < 1.29 is 5.21 Å². The number of aromatic nitrogens is 5. The van der Waals surface area contributed by atoms with Crippen LogP contribution in [0.5, 0.6) is 0 Å². The van der Waals surface area contributed by atoms with Gasteiger partial charge in [-0.2, -0.15) is 10.2 Å². The minimum absolute atomic E-state index is 0.474. The number of nitrogens with zero attached hydrogens (tertiary/aromatic N) is 6. The van der Waals surface area contributed by atoms with Gasteiger partial charge in [-0.05, 0) is 25.1 Å². The second-order valence-electron chi connectivity index (χ2n) is 5.77. The molecule has 0 radical (unpaired) electrons. The van der Waals surface area contributed by atoms with E-state index in [4.69, 9.17) is 5.21 Å². The number of benzene rings is 1. The minimum atomic E-state index is 0.474. The largest absolute Gasteiger partial charge is 0.411 e. The first-order valence-corrected chi connectivity index (χ1v) is 7.80. The summed E-state index contributed by atoms with van der Waals surface area (Å²) in [7, 11) is 1.88. The maximum Gasteiger partial charge on any atom is 0.175 e. The monoisotopic (exact) mass is 332 g/mol. The molecule has 0 bridgehead atoms. The summed E-state index contributed by atoms with van der Waals surface area (Å²) >= 11 is 0. The lowest BCUT2D eigenvalue weighted by Crippen LogP contribution is -2.00. The van der Waals surface area contributed by atoms with Crippen LogP contribution in [-0.4, -0.2) is 35.5 Å². The van der Waals surface area contributed by atoms with Crippen molar-refractivity contribution in [2.75, 3.05) is 0 Å². The van der Waals surface area contributed by atoms with Gasteiger partial charge in [-0.3, -0.25) is 4.68 Å². The number of rotatable bonds is 3. The van der Waals surface area contributed by atoms with E-state index in [1.54, 1.807) is 11.6 Å². The van der Waals surface area contributed by atoms with E-state index in [1.165, 1.54) is 0 Å². The first-order chi connectivity index (χ1) is 12.2. The molecular weight excluding hydrogens is 316 g/mol. The first-order valence-electron chi connectivity index (χ1n) is 7.80. The van der Waals surface area contributed by atoms with Crippen LogP contribution < -0.4 is 0 Å². The molecule has 124 valence electrons. The lowest BCUT2D eigenvalue weighted by molar-refractivity contribution is 0.319. The van der Waals surface area contributed by atoms with Gasteiger partial charge < -0.3 is 5.21 Å². The Morgan fingerprint density at radius 3 is 2.80 bits per heavy atom. The van der Waals surface area contributed by atoms with E-state index in [2.05, 4.69) is 20.3 Å². The first kappa shape index (κ1) is 15.1. The van der Waals surface area contributed by atoms with Crippen molar-refractivity contribution in [2.24, 2.45) is 12.2 Å². The summed E-state index contributed by atoms with van der Waals surface area (Å²) in [6.07, 6.45) is 3.70. The molecule has 25 heavy (non-hydrogen) atoms. The lowest BCUT2D eigenvalue weighted by atomic mass is 10.1. The normalized spacial score (nSPS) is 12.0. The predicted octanol–water partition coefficient (Wildman–Crippen LogP) is 3.02. The molecule has 0 atom stereocenters. The van der Waals surface area contributed by atoms with Crippen molar-refractivity contribution in [1.82, 2.24) is 24.5 Å². The van der Waals surface area contributed by atoms with Gasteiger partial charge in [-0.15, -0.1) is 0 Å². The molecule has 1 N–H and O–H groups in total. The molecule has 7 nitrogen and oxygen atoms in total. The van der Waals surface area contributed by atoms with Crippen molar-refractivity contribution in [1.29, 1.82) is 0 Å². The Kier molecular flexibility index (Phi) is 3.53. The van der Waals surface area contributed by atoms with Crippen LogP contribution in [0, 0.1) is 0 Å². The number of hydrogen-bond donors (Lipinski definition) is 1. The molecule has 0 fully saturated rings. The molecule has 3 aromatic heterocycles.